The fourth-order valence-electron chi connectivity index (χ4n) is 3.57. The molecule has 0 fully saturated rings. The smallest absolute Gasteiger partial charge is 0.416 e. The molecule has 10 heteroatoms. The fraction of sp³-hybridized carbons (Fsp3) is 0.263. The maximum Gasteiger partial charge on any atom is 0.416 e. The third-order valence-corrected chi connectivity index (χ3v) is 4.80. The molecule has 0 spiro atoms. The fourth-order valence-corrected chi connectivity index (χ4v) is 3.57. The highest BCUT2D eigenvalue weighted by Gasteiger charge is 2.39. The molecule has 0 radical (unpaired) electrons. The number of nitrogens with zero attached hydrogens (tertiary/aromatic N) is 4. The largest absolute Gasteiger partial charge is 0.480 e. The van der Waals surface area contributed by atoms with Crippen molar-refractivity contribution in [2.75, 3.05) is 12.4 Å². The first-order valence-corrected chi connectivity index (χ1v) is 8.73. The molecule has 3 heterocycles. The van der Waals surface area contributed by atoms with Gasteiger partial charge in [-0.05, 0) is 24.6 Å². The topological polar surface area (TPSA) is 81.9 Å². The van der Waals surface area contributed by atoms with Crippen LogP contribution >= 0.6 is 0 Å². The Morgan fingerprint density at radius 2 is 1.93 bits per heavy atom. The number of benzene rings is 1. The number of halogens is 3. The van der Waals surface area contributed by atoms with Crippen LogP contribution in [-0.2, 0) is 11.0 Å². The van der Waals surface area contributed by atoms with Gasteiger partial charge in [0.2, 0.25) is 11.8 Å². The lowest BCUT2D eigenvalue weighted by atomic mass is 9.83. The van der Waals surface area contributed by atoms with Gasteiger partial charge in [0.25, 0.3) is 0 Å². The first kappa shape index (κ1) is 18.9. The minimum Gasteiger partial charge on any atom is -0.480 e. The molecule has 150 valence electrons. The average molecular weight is 403 g/mol. The van der Waals surface area contributed by atoms with Gasteiger partial charge in [0.05, 0.1) is 18.4 Å². The minimum absolute atomic E-state index is 0.0413. The number of methoxy groups -OCH3 is 1. The Hall–Kier alpha value is -3.43. The zero-order valence-electron chi connectivity index (χ0n) is 15.5. The zero-order valence-corrected chi connectivity index (χ0v) is 15.5. The number of carbonyl (C=O) groups is 1. The van der Waals surface area contributed by atoms with Crippen molar-refractivity contribution >= 4 is 11.7 Å². The van der Waals surface area contributed by atoms with E-state index in [4.69, 9.17) is 4.74 Å². The van der Waals surface area contributed by atoms with E-state index in [-0.39, 0.29) is 12.0 Å². The standard InChI is InChI=1S/C19H16F3N5O2/c1-10-17-12(11-5-3-4-6-13(11)19(20,21)22)9-15(28)23-18(17)27(26-10)14-7-8-16(29-2)25-24-14/h3-8,12H,9H2,1-2H3,(H,23,28)/t12-/m0/s1. The van der Waals surface area contributed by atoms with Crippen LogP contribution in [0.5, 0.6) is 5.88 Å². The molecule has 0 saturated heterocycles. The summed E-state index contributed by atoms with van der Waals surface area (Å²) in [6, 6.07) is 8.46. The van der Waals surface area contributed by atoms with Gasteiger partial charge in [0.15, 0.2) is 5.82 Å². The normalized spacial score (nSPS) is 16.3. The number of aromatic nitrogens is 4. The second-order valence-corrected chi connectivity index (χ2v) is 6.58. The molecule has 1 N–H and O–H groups in total. The van der Waals surface area contributed by atoms with Crippen LogP contribution in [0.15, 0.2) is 36.4 Å². The van der Waals surface area contributed by atoms with Crippen molar-refractivity contribution < 1.29 is 22.7 Å². The number of hydrogen-bond donors (Lipinski definition) is 1. The lowest BCUT2D eigenvalue weighted by Gasteiger charge is -2.26. The van der Waals surface area contributed by atoms with Crippen LogP contribution in [0.3, 0.4) is 0 Å². The summed E-state index contributed by atoms with van der Waals surface area (Å²) in [5.41, 5.74) is 0.306. The third kappa shape index (κ3) is 3.30. The van der Waals surface area contributed by atoms with E-state index < -0.39 is 23.6 Å². The molecular formula is C19H16F3N5O2. The van der Waals surface area contributed by atoms with Crippen LogP contribution in [-0.4, -0.2) is 33.0 Å². The van der Waals surface area contributed by atoms with Crippen molar-refractivity contribution in [2.24, 2.45) is 0 Å². The molecule has 1 amide bonds. The van der Waals surface area contributed by atoms with Crippen LogP contribution in [0.2, 0.25) is 0 Å². The van der Waals surface area contributed by atoms with Gasteiger partial charge in [-0.15, -0.1) is 10.2 Å². The summed E-state index contributed by atoms with van der Waals surface area (Å²) in [4.78, 5) is 12.4. The van der Waals surface area contributed by atoms with E-state index in [9.17, 15) is 18.0 Å². The van der Waals surface area contributed by atoms with Crippen LogP contribution < -0.4 is 10.1 Å². The van der Waals surface area contributed by atoms with Gasteiger partial charge >= 0.3 is 6.18 Å². The summed E-state index contributed by atoms with van der Waals surface area (Å²) in [6.45, 7) is 1.69. The Bertz CT molecular complexity index is 1080. The number of amides is 1. The Kier molecular flexibility index (Phi) is 4.48. The molecule has 4 rings (SSSR count). The third-order valence-electron chi connectivity index (χ3n) is 4.80. The highest BCUT2D eigenvalue weighted by atomic mass is 19.4. The van der Waals surface area contributed by atoms with E-state index in [2.05, 4.69) is 20.6 Å². The minimum atomic E-state index is -4.53. The van der Waals surface area contributed by atoms with Gasteiger partial charge < -0.3 is 10.1 Å². The van der Waals surface area contributed by atoms with E-state index in [0.29, 0.717) is 28.8 Å². The molecule has 0 unspecified atom stereocenters. The van der Waals surface area contributed by atoms with Crippen molar-refractivity contribution in [3.8, 4) is 11.7 Å². The van der Waals surface area contributed by atoms with E-state index in [1.54, 1.807) is 19.1 Å². The molecule has 3 aromatic rings. The quantitative estimate of drug-likeness (QED) is 0.724. The van der Waals surface area contributed by atoms with E-state index >= 15 is 0 Å². The lowest BCUT2D eigenvalue weighted by Crippen LogP contribution is -2.26. The predicted octanol–water partition coefficient (Wildman–Crippen LogP) is 3.47. The van der Waals surface area contributed by atoms with Gasteiger partial charge in [0, 0.05) is 24.0 Å². The molecule has 29 heavy (non-hydrogen) atoms. The number of aryl methyl sites for hydroxylation is 1. The van der Waals surface area contributed by atoms with Crippen molar-refractivity contribution in [3.63, 3.8) is 0 Å². The number of hydrogen-bond acceptors (Lipinski definition) is 5. The number of anilines is 1. The highest BCUT2D eigenvalue weighted by molar-refractivity contribution is 5.95. The van der Waals surface area contributed by atoms with Gasteiger partial charge in [-0.2, -0.15) is 23.0 Å². The van der Waals surface area contributed by atoms with Gasteiger partial charge in [0.1, 0.15) is 5.82 Å². The average Bonchev–Trinajstić information content (AvgIpc) is 3.03. The first-order chi connectivity index (χ1) is 13.8. The number of nitrogens with one attached hydrogen (secondary N) is 1. The molecule has 7 nitrogen and oxygen atoms in total. The Labute approximate surface area is 163 Å². The van der Waals surface area contributed by atoms with Crippen molar-refractivity contribution in [1.82, 2.24) is 20.0 Å². The Morgan fingerprint density at radius 3 is 2.59 bits per heavy atom. The summed E-state index contributed by atoms with van der Waals surface area (Å²) in [7, 11) is 1.45. The maximum absolute atomic E-state index is 13.6. The molecule has 1 aromatic carbocycles. The van der Waals surface area contributed by atoms with Gasteiger partial charge in [-0.3, -0.25) is 4.79 Å². The van der Waals surface area contributed by atoms with Crippen LogP contribution in [0, 0.1) is 6.92 Å². The molecule has 1 aliphatic rings. The molecule has 1 aliphatic heterocycles. The maximum atomic E-state index is 13.6. The predicted molar refractivity (Wildman–Crippen MR) is 97.0 cm³/mol. The molecule has 0 bridgehead atoms. The number of rotatable bonds is 3. The van der Waals surface area contributed by atoms with Crippen LogP contribution in [0.1, 0.15) is 34.7 Å². The summed E-state index contributed by atoms with van der Waals surface area (Å²) >= 11 is 0. The van der Waals surface area contributed by atoms with E-state index in [0.717, 1.165) is 6.07 Å². The summed E-state index contributed by atoms with van der Waals surface area (Å²) in [5.74, 6) is -0.286. The number of ether oxygens (including phenoxy) is 1. The summed E-state index contributed by atoms with van der Waals surface area (Å²) in [5, 5.41) is 15.0. The summed E-state index contributed by atoms with van der Waals surface area (Å²) < 4.78 is 47.1. The summed E-state index contributed by atoms with van der Waals surface area (Å²) in [6.07, 6.45) is -4.64. The second kappa shape index (κ2) is 6.87. The highest BCUT2D eigenvalue weighted by Crippen LogP contribution is 2.44. The van der Waals surface area contributed by atoms with E-state index in [1.165, 1.54) is 30.0 Å². The molecule has 0 aliphatic carbocycles. The number of fused-ring (bicyclic) bond motifs is 1. The van der Waals surface area contributed by atoms with E-state index in [1.807, 2.05) is 0 Å². The molecule has 0 saturated carbocycles. The SMILES string of the molecule is COc1ccc(-n2nc(C)c3c2NC(=O)C[C@H]3c2ccccc2C(F)(F)F)nn1. The molecular weight excluding hydrogens is 387 g/mol. The van der Waals surface area contributed by atoms with Gasteiger partial charge in [-0.1, -0.05) is 18.2 Å². The van der Waals surface area contributed by atoms with Crippen molar-refractivity contribution in [3.05, 3.63) is 58.8 Å². The van der Waals surface area contributed by atoms with Crippen LogP contribution in [0.4, 0.5) is 19.0 Å². The molecule has 2 aromatic heterocycles. The lowest BCUT2D eigenvalue weighted by molar-refractivity contribution is -0.138. The monoisotopic (exact) mass is 403 g/mol. The first-order valence-electron chi connectivity index (χ1n) is 8.73. The Morgan fingerprint density at radius 1 is 1.17 bits per heavy atom. The number of carbonyl (C=O) groups excluding carboxylic acids is 1. The molecule has 1 atom stereocenters. The second-order valence-electron chi connectivity index (χ2n) is 6.58. The zero-order chi connectivity index (χ0) is 20.8. The van der Waals surface area contributed by atoms with Crippen LogP contribution in [0.25, 0.3) is 5.82 Å². The van der Waals surface area contributed by atoms with Crippen molar-refractivity contribution in [2.45, 2.75) is 25.4 Å². The van der Waals surface area contributed by atoms with Gasteiger partial charge in [-0.25, -0.2) is 0 Å². The Balaban J connectivity index is 1.87. The number of alkyl halides is 3. The van der Waals surface area contributed by atoms with Crippen molar-refractivity contribution in [1.29, 1.82) is 0 Å².